The van der Waals surface area contributed by atoms with Crippen molar-refractivity contribution in [1.82, 2.24) is 5.32 Å². The van der Waals surface area contributed by atoms with Crippen LogP contribution in [0.3, 0.4) is 0 Å². The van der Waals surface area contributed by atoms with E-state index in [4.69, 9.17) is 16.3 Å². The number of halogens is 1. The van der Waals surface area contributed by atoms with Crippen LogP contribution in [0.25, 0.3) is 0 Å². The molecule has 0 amide bonds. The molecule has 0 radical (unpaired) electrons. The highest BCUT2D eigenvalue weighted by Crippen LogP contribution is 2.48. The topological polar surface area (TPSA) is 55.4 Å². The Morgan fingerprint density at radius 3 is 2.56 bits per heavy atom. The monoisotopic (exact) mass is 387 g/mol. The maximum absolute atomic E-state index is 13.1. The van der Waals surface area contributed by atoms with Crippen LogP contribution in [0.1, 0.15) is 58.9 Å². The average Bonchev–Trinajstić information content (AvgIpc) is 2.51. The van der Waals surface area contributed by atoms with Gasteiger partial charge in [-0.2, -0.15) is 0 Å². The Bertz CT molecular complexity index is 864. The fraction of sp³-hybridized carbons (Fsp3) is 0.455. The van der Waals surface area contributed by atoms with Crippen LogP contribution < -0.4 is 5.32 Å². The second kappa shape index (κ2) is 7.16. The zero-order chi connectivity index (χ0) is 19.9. The second-order valence-corrected chi connectivity index (χ2v) is 8.81. The van der Waals surface area contributed by atoms with E-state index in [2.05, 4.69) is 19.2 Å². The second-order valence-electron chi connectivity index (χ2n) is 8.41. The van der Waals surface area contributed by atoms with Crippen molar-refractivity contribution < 1.29 is 14.3 Å². The quantitative estimate of drug-likeness (QED) is 0.750. The summed E-state index contributed by atoms with van der Waals surface area (Å²) in [6.45, 7) is 9.66. The summed E-state index contributed by atoms with van der Waals surface area (Å²) in [5.74, 6) is -0.866. The van der Waals surface area contributed by atoms with Crippen LogP contribution in [0.15, 0.2) is 46.8 Å². The summed E-state index contributed by atoms with van der Waals surface area (Å²) in [5.41, 5.74) is 3.35. The Hall–Kier alpha value is -2.07. The van der Waals surface area contributed by atoms with Crippen molar-refractivity contribution in [2.24, 2.45) is 5.41 Å². The van der Waals surface area contributed by atoms with Crippen molar-refractivity contribution in [3.05, 3.63) is 57.4 Å². The van der Waals surface area contributed by atoms with Crippen LogP contribution >= 0.6 is 11.6 Å². The Balaban J connectivity index is 2.19. The van der Waals surface area contributed by atoms with Gasteiger partial charge in [-0.1, -0.05) is 43.6 Å². The summed E-state index contributed by atoms with van der Waals surface area (Å²) in [4.78, 5) is 26.0. The van der Waals surface area contributed by atoms with Gasteiger partial charge >= 0.3 is 5.97 Å². The molecule has 1 N–H and O–H groups in total. The number of allylic oxidation sites excluding steroid dienone is 3. The van der Waals surface area contributed by atoms with E-state index in [0.717, 1.165) is 23.4 Å². The van der Waals surface area contributed by atoms with Crippen LogP contribution in [-0.2, 0) is 14.3 Å². The van der Waals surface area contributed by atoms with Gasteiger partial charge in [-0.3, -0.25) is 4.79 Å². The number of hydrogen-bond donors (Lipinski definition) is 1. The first-order chi connectivity index (χ1) is 12.6. The summed E-state index contributed by atoms with van der Waals surface area (Å²) in [5, 5.41) is 3.86. The third-order valence-electron chi connectivity index (χ3n) is 5.02. The van der Waals surface area contributed by atoms with Gasteiger partial charge in [-0.15, -0.1) is 0 Å². The lowest BCUT2D eigenvalue weighted by Gasteiger charge is -2.39. The highest BCUT2D eigenvalue weighted by molar-refractivity contribution is 6.31. The Labute approximate surface area is 165 Å². The molecular weight excluding hydrogens is 362 g/mol. The third kappa shape index (κ3) is 3.81. The maximum atomic E-state index is 13.1. The molecule has 0 saturated heterocycles. The molecule has 1 unspecified atom stereocenters. The molecule has 0 bridgehead atoms. The first-order valence-electron chi connectivity index (χ1n) is 9.30. The Morgan fingerprint density at radius 2 is 1.93 bits per heavy atom. The number of carbonyl (C=O) groups is 2. The van der Waals surface area contributed by atoms with E-state index in [-0.39, 0.29) is 17.3 Å². The first-order valence-corrected chi connectivity index (χ1v) is 9.68. The number of benzene rings is 1. The summed E-state index contributed by atoms with van der Waals surface area (Å²) in [6.07, 6.45) is 0.944. The van der Waals surface area contributed by atoms with Crippen molar-refractivity contribution in [3.8, 4) is 0 Å². The molecule has 1 atom stereocenters. The van der Waals surface area contributed by atoms with Gasteiger partial charge in [0.1, 0.15) is 0 Å². The summed E-state index contributed by atoms with van der Waals surface area (Å²) >= 11 is 6.49. The van der Waals surface area contributed by atoms with Crippen LogP contribution in [0.2, 0.25) is 5.02 Å². The fourth-order valence-corrected chi connectivity index (χ4v) is 4.25. The Kier molecular flexibility index (Phi) is 5.22. The lowest BCUT2D eigenvalue weighted by molar-refractivity contribution is -0.143. The molecule has 0 saturated carbocycles. The number of nitrogens with one attached hydrogen (secondary N) is 1. The smallest absolute Gasteiger partial charge is 0.337 e. The minimum atomic E-state index is -0.509. The van der Waals surface area contributed by atoms with Crippen molar-refractivity contribution in [3.63, 3.8) is 0 Å². The van der Waals surface area contributed by atoms with E-state index >= 15 is 0 Å². The molecule has 0 spiro atoms. The van der Waals surface area contributed by atoms with Crippen molar-refractivity contribution >= 4 is 23.4 Å². The van der Waals surface area contributed by atoms with Crippen molar-refractivity contribution in [2.75, 3.05) is 0 Å². The third-order valence-corrected chi connectivity index (χ3v) is 5.36. The number of ketones is 1. The van der Waals surface area contributed by atoms with Gasteiger partial charge in [0, 0.05) is 34.3 Å². The first kappa shape index (κ1) is 19.7. The zero-order valence-electron chi connectivity index (χ0n) is 16.5. The molecule has 144 valence electrons. The van der Waals surface area contributed by atoms with Gasteiger partial charge in [-0.05, 0) is 44.2 Å². The number of hydrogen-bond acceptors (Lipinski definition) is 4. The highest BCUT2D eigenvalue weighted by atomic mass is 35.5. The molecule has 1 aromatic carbocycles. The number of Topliss-reactive ketones (excluding diaryl/α,β-unsaturated/α-hetero) is 1. The van der Waals surface area contributed by atoms with E-state index < -0.39 is 11.9 Å². The number of esters is 1. The van der Waals surface area contributed by atoms with Gasteiger partial charge in [0.2, 0.25) is 0 Å². The van der Waals surface area contributed by atoms with E-state index in [1.807, 2.05) is 39.0 Å². The van der Waals surface area contributed by atoms with Crippen LogP contribution in [0, 0.1) is 5.41 Å². The predicted octanol–water partition coefficient (Wildman–Crippen LogP) is 4.90. The summed E-state index contributed by atoms with van der Waals surface area (Å²) in [7, 11) is 0. The molecule has 4 nitrogen and oxygen atoms in total. The van der Waals surface area contributed by atoms with Crippen LogP contribution in [0.4, 0.5) is 0 Å². The van der Waals surface area contributed by atoms with Gasteiger partial charge in [0.05, 0.1) is 11.7 Å². The van der Waals surface area contributed by atoms with Crippen LogP contribution in [0.5, 0.6) is 0 Å². The van der Waals surface area contributed by atoms with Gasteiger partial charge in [0.25, 0.3) is 0 Å². The van der Waals surface area contributed by atoms with Crippen LogP contribution in [-0.4, -0.2) is 17.9 Å². The molecule has 3 rings (SSSR count). The minimum absolute atomic E-state index is 0.0565. The molecule has 5 heteroatoms. The SMILES string of the molecule is CC1=C(C(=O)OC(C)C)C(c2ccccc2Cl)C2=C(CC(C)(C)CC2=O)N1. The molecular formula is C22H26ClNO3. The number of carbonyl (C=O) groups excluding carboxylic acids is 2. The Morgan fingerprint density at radius 1 is 1.26 bits per heavy atom. The molecule has 1 heterocycles. The average molecular weight is 388 g/mol. The summed E-state index contributed by atoms with van der Waals surface area (Å²) < 4.78 is 5.49. The lowest BCUT2D eigenvalue weighted by atomic mass is 9.68. The van der Waals surface area contributed by atoms with Crippen molar-refractivity contribution in [1.29, 1.82) is 0 Å². The van der Waals surface area contributed by atoms with Crippen molar-refractivity contribution in [2.45, 2.75) is 59.5 Å². The summed E-state index contributed by atoms with van der Waals surface area (Å²) in [6, 6.07) is 7.39. The van der Waals surface area contributed by atoms with Gasteiger partial charge in [0.15, 0.2) is 5.78 Å². The minimum Gasteiger partial charge on any atom is -0.460 e. The molecule has 1 aliphatic carbocycles. The van der Waals surface area contributed by atoms with Gasteiger partial charge in [-0.25, -0.2) is 4.79 Å². The molecule has 1 aromatic rings. The van der Waals surface area contributed by atoms with E-state index in [1.165, 1.54) is 0 Å². The zero-order valence-corrected chi connectivity index (χ0v) is 17.2. The number of ether oxygens (including phenoxy) is 1. The number of dihydropyridines is 1. The maximum Gasteiger partial charge on any atom is 0.337 e. The molecule has 27 heavy (non-hydrogen) atoms. The molecule has 0 aromatic heterocycles. The fourth-order valence-electron chi connectivity index (χ4n) is 4.00. The largest absolute Gasteiger partial charge is 0.460 e. The molecule has 2 aliphatic rings. The molecule has 1 aliphatic heterocycles. The molecule has 0 fully saturated rings. The van der Waals surface area contributed by atoms with E-state index in [9.17, 15) is 9.59 Å². The van der Waals surface area contributed by atoms with E-state index in [1.54, 1.807) is 6.07 Å². The number of rotatable bonds is 3. The standard InChI is InChI=1S/C22H26ClNO3/c1-12(2)27-21(26)18-13(3)24-16-10-22(4,5)11-17(25)20(16)19(18)14-8-6-7-9-15(14)23/h6-9,12,19,24H,10-11H2,1-5H3. The predicted molar refractivity (Wildman–Crippen MR) is 106 cm³/mol. The van der Waals surface area contributed by atoms with E-state index in [0.29, 0.717) is 22.6 Å². The highest BCUT2D eigenvalue weighted by Gasteiger charge is 2.43. The van der Waals surface area contributed by atoms with Gasteiger partial charge < -0.3 is 10.1 Å². The normalized spacial score (nSPS) is 21.9. The lowest BCUT2D eigenvalue weighted by Crippen LogP contribution is -2.39.